The first-order chi connectivity index (χ1) is 8.40. The zero-order valence-electron chi connectivity index (χ0n) is 13.9. The minimum absolute atomic E-state index is 0.0274. The molecule has 0 bridgehead atoms. The number of aliphatic imine (C=N–C) groups is 1. The molecule has 0 saturated carbocycles. The second kappa shape index (κ2) is 5.06. The average Bonchev–Trinajstić information content (AvgIpc) is 2.42. The van der Waals surface area contributed by atoms with Crippen LogP contribution in [0.2, 0.25) is 0 Å². The van der Waals surface area contributed by atoms with Crippen LogP contribution in [0, 0.1) is 5.41 Å². The highest BCUT2D eigenvalue weighted by atomic mass is 16.7. The minimum atomic E-state index is -0.294. The van der Waals surface area contributed by atoms with E-state index in [0.29, 0.717) is 0 Å². The maximum atomic E-state index is 6.04. The maximum Gasteiger partial charge on any atom is 0.490 e. The first-order valence-corrected chi connectivity index (χ1v) is 6.92. The van der Waals surface area contributed by atoms with Gasteiger partial charge in [0, 0.05) is 18.2 Å². The largest absolute Gasteiger partial charge is 0.490 e. The van der Waals surface area contributed by atoms with Gasteiger partial charge in [0.25, 0.3) is 0 Å². The summed E-state index contributed by atoms with van der Waals surface area (Å²) in [6, 6.07) is 0. The zero-order valence-corrected chi connectivity index (χ0v) is 13.9. The van der Waals surface area contributed by atoms with Crippen molar-refractivity contribution in [3.05, 3.63) is 11.5 Å². The summed E-state index contributed by atoms with van der Waals surface area (Å²) in [7, 11) is 1.54. The molecule has 1 saturated heterocycles. The van der Waals surface area contributed by atoms with Gasteiger partial charge in [-0.15, -0.1) is 0 Å². The van der Waals surface area contributed by atoms with Crippen LogP contribution in [0.25, 0.3) is 0 Å². The van der Waals surface area contributed by atoms with Crippen LogP contribution < -0.4 is 0 Å². The monoisotopic (exact) mass is 265 g/mol. The average molecular weight is 265 g/mol. The molecule has 0 atom stereocenters. The van der Waals surface area contributed by atoms with Crippen molar-refractivity contribution >= 4 is 12.8 Å². The third-order valence-electron chi connectivity index (χ3n) is 4.00. The van der Waals surface area contributed by atoms with E-state index in [1.54, 1.807) is 0 Å². The molecule has 0 unspecified atom stereocenters. The van der Waals surface area contributed by atoms with Crippen molar-refractivity contribution in [2.45, 2.75) is 66.6 Å². The van der Waals surface area contributed by atoms with Crippen LogP contribution in [0.5, 0.6) is 0 Å². The highest BCUT2D eigenvalue weighted by Gasteiger charge is 2.51. The fraction of sp³-hybridized carbons (Fsp3) is 0.800. The van der Waals surface area contributed by atoms with E-state index in [9.17, 15) is 0 Å². The fourth-order valence-corrected chi connectivity index (χ4v) is 1.93. The number of nitrogens with zero attached hydrogens (tertiary/aromatic N) is 1. The Hall–Kier alpha value is -0.605. The summed E-state index contributed by atoms with van der Waals surface area (Å²) in [6.07, 6.45) is 2.09. The molecule has 0 aliphatic carbocycles. The Bertz CT molecular complexity index is 387. The van der Waals surface area contributed by atoms with E-state index in [4.69, 9.17) is 9.31 Å². The molecule has 0 radical (unpaired) electrons. The lowest BCUT2D eigenvalue weighted by Gasteiger charge is -2.32. The quantitative estimate of drug-likeness (QED) is 0.563. The standard InChI is InChI=1S/C15H28BNO2/c1-11(10-12(17-9)13(2,3)4)16-18-14(5,6)15(7,8)19-16/h10H,1-9H3/b11-10+,17-12?. The van der Waals surface area contributed by atoms with Crippen molar-refractivity contribution in [3.63, 3.8) is 0 Å². The highest BCUT2D eigenvalue weighted by Crippen LogP contribution is 2.38. The zero-order chi connectivity index (χ0) is 15.1. The summed E-state index contributed by atoms with van der Waals surface area (Å²) < 4.78 is 12.1. The summed E-state index contributed by atoms with van der Waals surface area (Å²) in [5, 5.41) is 0. The van der Waals surface area contributed by atoms with Crippen LogP contribution >= 0.6 is 0 Å². The van der Waals surface area contributed by atoms with Crippen molar-refractivity contribution in [2.75, 3.05) is 7.05 Å². The molecule has 19 heavy (non-hydrogen) atoms. The highest BCUT2D eigenvalue weighted by molar-refractivity contribution is 6.55. The van der Waals surface area contributed by atoms with Crippen LogP contribution in [0.15, 0.2) is 16.5 Å². The summed E-state index contributed by atoms with van der Waals surface area (Å²) in [4.78, 5) is 4.37. The van der Waals surface area contributed by atoms with Crippen molar-refractivity contribution in [1.82, 2.24) is 0 Å². The molecule has 108 valence electrons. The number of rotatable bonds is 2. The molecular weight excluding hydrogens is 237 g/mol. The van der Waals surface area contributed by atoms with E-state index in [-0.39, 0.29) is 23.7 Å². The first-order valence-electron chi connectivity index (χ1n) is 6.92. The van der Waals surface area contributed by atoms with Gasteiger partial charge in [-0.2, -0.15) is 0 Å². The lowest BCUT2D eigenvalue weighted by atomic mass is 9.76. The van der Waals surface area contributed by atoms with Gasteiger partial charge in [-0.25, -0.2) is 0 Å². The van der Waals surface area contributed by atoms with Gasteiger partial charge in [-0.3, -0.25) is 4.99 Å². The molecule has 1 aliphatic rings. The van der Waals surface area contributed by atoms with E-state index < -0.39 is 0 Å². The Kier molecular flexibility index (Phi) is 4.38. The molecular formula is C15H28BNO2. The summed E-state index contributed by atoms with van der Waals surface area (Å²) >= 11 is 0. The molecule has 0 spiro atoms. The Morgan fingerprint density at radius 2 is 1.47 bits per heavy atom. The van der Waals surface area contributed by atoms with Crippen molar-refractivity contribution < 1.29 is 9.31 Å². The third kappa shape index (κ3) is 3.48. The lowest BCUT2D eigenvalue weighted by molar-refractivity contribution is 0.00578. The van der Waals surface area contributed by atoms with Gasteiger partial charge in [0.15, 0.2) is 0 Å². The van der Waals surface area contributed by atoms with Crippen LogP contribution in [-0.4, -0.2) is 31.1 Å². The molecule has 0 amide bonds. The van der Waals surface area contributed by atoms with Gasteiger partial charge in [0.2, 0.25) is 0 Å². The Morgan fingerprint density at radius 3 is 1.79 bits per heavy atom. The summed E-state index contributed by atoms with van der Waals surface area (Å²) in [6.45, 7) is 16.8. The van der Waals surface area contributed by atoms with Crippen molar-refractivity contribution in [2.24, 2.45) is 10.4 Å². The Balaban J connectivity index is 2.95. The molecule has 1 heterocycles. The molecule has 0 N–H and O–H groups in total. The molecule has 0 aromatic heterocycles. The summed E-state index contributed by atoms with van der Waals surface area (Å²) in [5.41, 5.74) is 1.56. The van der Waals surface area contributed by atoms with E-state index in [0.717, 1.165) is 11.2 Å². The Labute approximate surface area is 118 Å². The number of hydrogen-bond donors (Lipinski definition) is 0. The van der Waals surface area contributed by atoms with Gasteiger partial charge >= 0.3 is 7.12 Å². The smallest absolute Gasteiger partial charge is 0.400 e. The second-order valence-corrected chi connectivity index (χ2v) is 7.34. The predicted octanol–water partition coefficient (Wildman–Crippen LogP) is 3.68. The second-order valence-electron chi connectivity index (χ2n) is 7.34. The van der Waals surface area contributed by atoms with Gasteiger partial charge in [-0.1, -0.05) is 20.8 Å². The van der Waals surface area contributed by atoms with Gasteiger partial charge in [0.05, 0.1) is 11.2 Å². The topological polar surface area (TPSA) is 30.8 Å². The van der Waals surface area contributed by atoms with E-state index in [1.165, 1.54) is 0 Å². The third-order valence-corrected chi connectivity index (χ3v) is 4.00. The predicted molar refractivity (Wildman–Crippen MR) is 82.7 cm³/mol. The van der Waals surface area contributed by atoms with Gasteiger partial charge in [-0.05, 0) is 46.2 Å². The number of hydrogen-bond acceptors (Lipinski definition) is 3. The Morgan fingerprint density at radius 1 is 1.05 bits per heavy atom. The van der Waals surface area contributed by atoms with E-state index in [1.807, 2.05) is 14.0 Å². The lowest BCUT2D eigenvalue weighted by Crippen LogP contribution is -2.41. The molecule has 0 aromatic carbocycles. The molecule has 4 heteroatoms. The van der Waals surface area contributed by atoms with Crippen LogP contribution in [0.4, 0.5) is 0 Å². The molecule has 1 rings (SSSR count). The van der Waals surface area contributed by atoms with Gasteiger partial charge in [0.1, 0.15) is 0 Å². The van der Waals surface area contributed by atoms with Crippen molar-refractivity contribution in [1.29, 1.82) is 0 Å². The molecule has 0 aromatic rings. The maximum absolute atomic E-state index is 6.04. The van der Waals surface area contributed by atoms with Crippen LogP contribution in [0.3, 0.4) is 0 Å². The molecule has 3 nitrogen and oxygen atoms in total. The van der Waals surface area contributed by atoms with Crippen molar-refractivity contribution in [3.8, 4) is 0 Å². The SMILES string of the molecule is CN=C(/C=C(\C)B1OC(C)(C)C(C)(C)O1)C(C)(C)C. The van der Waals surface area contributed by atoms with Crippen LogP contribution in [0.1, 0.15) is 55.4 Å². The van der Waals surface area contributed by atoms with Crippen LogP contribution in [-0.2, 0) is 9.31 Å². The molecule has 1 aliphatic heterocycles. The number of allylic oxidation sites excluding steroid dienone is 2. The minimum Gasteiger partial charge on any atom is -0.400 e. The molecule has 1 fully saturated rings. The summed E-state index contributed by atoms with van der Waals surface area (Å²) in [5.74, 6) is 0. The van der Waals surface area contributed by atoms with E-state index >= 15 is 0 Å². The normalized spacial score (nSPS) is 23.9. The first kappa shape index (κ1) is 16.4. The fourth-order valence-electron chi connectivity index (χ4n) is 1.93. The van der Waals surface area contributed by atoms with Gasteiger partial charge < -0.3 is 9.31 Å². The van der Waals surface area contributed by atoms with E-state index in [2.05, 4.69) is 59.5 Å².